The standard InChI is InChI=1S/C20H29N/c1-7-8-14-21(6)20(16(2)3)13-12-18(5)19-11-9-10-17(4)15-19/h9-13,15H,5,7-8,14H2,1-4,6H3/b13-12-. The second-order valence-electron chi connectivity index (χ2n) is 5.89. The molecule has 0 aromatic heterocycles. The molecule has 1 rings (SSSR count). The predicted molar refractivity (Wildman–Crippen MR) is 95.3 cm³/mol. The van der Waals surface area contributed by atoms with Gasteiger partial charge in [-0.25, -0.2) is 0 Å². The minimum atomic E-state index is 1.06. The quantitative estimate of drug-likeness (QED) is 0.590. The molecular weight excluding hydrogens is 254 g/mol. The number of benzene rings is 1. The summed E-state index contributed by atoms with van der Waals surface area (Å²) < 4.78 is 0. The second-order valence-corrected chi connectivity index (χ2v) is 5.89. The van der Waals surface area contributed by atoms with E-state index in [1.165, 1.54) is 35.2 Å². The first-order valence-corrected chi connectivity index (χ1v) is 7.78. The van der Waals surface area contributed by atoms with Crippen LogP contribution < -0.4 is 0 Å². The highest BCUT2D eigenvalue weighted by Gasteiger charge is 2.03. The molecule has 0 amide bonds. The lowest BCUT2D eigenvalue weighted by Crippen LogP contribution is -2.18. The number of hydrogen-bond acceptors (Lipinski definition) is 1. The SMILES string of the molecule is C=C(/C=C\C(=C(C)C)N(C)CCCC)c1cccc(C)c1. The van der Waals surface area contributed by atoms with E-state index in [0.29, 0.717) is 0 Å². The van der Waals surface area contributed by atoms with Gasteiger partial charge in [-0.2, -0.15) is 0 Å². The van der Waals surface area contributed by atoms with E-state index in [4.69, 9.17) is 0 Å². The van der Waals surface area contributed by atoms with Gasteiger partial charge in [0.2, 0.25) is 0 Å². The highest BCUT2D eigenvalue weighted by molar-refractivity contribution is 5.72. The third kappa shape index (κ3) is 5.63. The Bertz CT molecular complexity index is 531. The maximum Gasteiger partial charge on any atom is 0.0350 e. The van der Waals surface area contributed by atoms with E-state index < -0.39 is 0 Å². The number of hydrogen-bond donors (Lipinski definition) is 0. The first-order chi connectivity index (χ1) is 9.95. The summed E-state index contributed by atoms with van der Waals surface area (Å²) in [6, 6.07) is 8.48. The van der Waals surface area contributed by atoms with Gasteiger partial charge in [-0.15, -0.1) is 0 Å². The van der Waals surface area contributed by atoms with Gasteiger partial charge in [-0.3, -0.25) is 0 Å². The van der Waals surface area contributed by atoms with E-state index in [-0.39, 0.29) is 0 Å². The molecule has 1 aromatic carbocycles. The third-order valence-electron chi connectivity index (χ3n) is 3.60. The lowest BCUT2D eigenvalue weighted by Gasteiger charge is -2.22. The molecule has 0 N–H and O–H groups in total. The van der Waals surface area contributed by atoms with Crippen LogP contribution in [0.2, 0.25) is 0 Å². The number of unbranched alkanes of at least 4 members (excludes halogenated alkanes) is 1. The first kappa shape index (κ1) is 17.3. The minimum absolute atomic E-state index is 1.06. The van der Waals surface area contributed by atoms with Crippen molar-refractivity contribution >= 4 is 5.57 Å². The highest BCUT2D eigenvalue weighted by Crippen LogP contribution is 2.18. The predicted octanol–water partition coefficient (Wildman–Crippen LogP) is 5.59. The summed E-state index contributed by atoms with van der Waals surface area (Å²) in [5.74, 6) is 0. The van der Waals surface area contributed by atoms with Crippen molar-refractivity contribution in [2.24, 2.45) is 0 Å². The Morgan fingerprint density at radius 2 is 1.95 bits per heavy atom. The Hall–Kier alpha value is -1.76. The molecule has 21 heavy (non-hydrogen) atoms. The van der Waals surface area contributed by atoms with E-state index in [2.05, 4.69) is 82.6 Å². The number of nitrogens with zero attached hydrogens (tertiary/aromatic N) is 1. The van der Waals surface area contributed by atoms with Gasteiger partial charge >= 0.3 is 0 Å². The number of aryl methyl sites for hydroxylation is 1. The van der Waals surface area contributed by atoms with Gasteiger partial charge in [0.05, 0.1) is 0 Å². The molecule has 0 unspecified atom stereocenters. The molecule has 0 radical (unpaired) electrons. The largest absolute Gasteiger partial charge is 0.375 e. The van der Waals surface area contributed by atoms with Gasteiger partial charge in [0.15, 0.2) is 0 Å². The summed E-state index contributed by atoms with van der Waals surface area (Å²) in [6.45, 7) is 14.0. The van der Waals surface area contributed by atoms with Crippen molar-refractivity contribution in [3.8, 4) is 0 Å². The summed E-state index contributed by atoms with van der Waals surface area (Å²) in [5.41, 5.74) is 6.14. The smallest absolute Gasteiger partial charge is 0.0350 e. The van der Waals surface area contributed by atoms with Crippen LogP contribution in [-0.2, 0) is 0 Å². The van der Waals surface area contributed by atoms with Gasteiger partial charge in [0.1, 0.15) is 0 Å². The van der Waals surface area contributed by atoms with Crippen LogP contribution >= 0.6 is 0 Å². The van der Waals surface area contributed by atoms with E-state index in [0.717, 1.165) is 12.1 Å². The zero-order chi connectivity index (χ0) is 15.8. The van der Waals surface area contributed by atoms with Crippen LogP contribution in [0.15, 0.2) is 54.3 Å². The molecule has 0 saturated carbocycles. The molecule has 0 aliphatic carbocycles. The zero-order valence-corrected chi connectivity index (χ0v) is 14.2. The molecule has 0 saturated heterocycles. The van der Waals surface area contributed by atoms with Crippen molar-refractivity contribution < 1.29 is 0 Å². The van der Waals surface area contributed by atoms with Crippen LogP contribution in [0.4, 0.5) is 0 Å². The van der Waals surface area contributed by atoms with E-state index in [1.807, 2.05) is 0 Å². The monoisotopic (exact) mass is 283 g/mol. The van der Waals surface area contributed by atoms with Crippen LogP contribution in [-0.4, -0.2) is 18.5 Å². The topological polar surface area (TPSA) is 3.24 Å². The normalized spacial score (nSPS) is 10.7. The average Bonchev–Trinajstić information content (AvgIpc) is 2.44. The van der Waals surface area contributed by atoms with E-state index >= 15 is 0 Å². The summed E-state index contributed by atoms with van der Waals surface area (Å²) in [7, 11) is 2.16. The molecule has 0 bridgehead atoms. The molecule has 1 nitrogen and oxygen atoms in total. The van der Waals surface area contributed by atoms with Crippen molar-refractivity contribution in [2.75, 3.05) is 13.6 Å². The lowest BCUT2D eigenvalue weighted by atomic mass is 10.0. The molecule has 0 heterocycles. The Labute approximate surface area is 130 Å². The van der Waals surface area contributed by atoms with Gasteiger partial charge in [-0.1, -0.05) is 61.4 Å². The van der Waals surface area contributed by atoms with Crippen LogP contribution in [0.1, 0.15) is 44.7 Å². The lowest BCUT2D eigenvalue weighted by molar-refractivity contribution is 0.414. The van der Waals surface area contributed by atoms with E-state index in [9.17, 15) is 0 Å². The van der Waals surface area contributed by atoms with Crippen LogP contribution in [0.3, 0.4) is 0 Å². The molecule has 114 valence electrons. The Balaban J connectivity index is 2.84. The molecule has 0 aliphatic heterocycles. The van der Waals surface area contributed by atoms with Crippen molar-refractivity contribution in [1.82, 2.24) is 4.90 Å². The fourth-order valence-electron chi connectivity index (χ4n) is 2.31. The Morgan fingerprint density at radius 1 is 1.24 bits per heavy atom. The van der Waals surface area contributed by atoms with E-state index in [1.54, 1.807) is 0 Å². The van der Waals surface area contributed by atoms with Crippen molar-refractivity contribution in [3.05, 3.63) is 65.4 Å². The third-order valence-corrected chi connectivity index (χ3v) is 3.60. The Kier molecular flexibility index (Phi) is 7.01. The molecule has 1 aromatic rings. The van der Waals surface area contributed by atoms with Crippen molar-refractivity contribution in [2.45, 2.75) is 40.5 Å². The average molecular weight is 283 g/mol. The maximum absolute atomic E-state index is 4.19. The van der Waals surface area contributed by atoms with Gasteiger partial charge in [-0.05, 0) is 44.4 Å². The Morgan fingerprint density at radius 3 is 2.52 bits per heavy atom. The van der Waals surface area contributed by atoms with Crippen LogP contribution in [0, 0.1) is 6.92 Å². The molecule has 0 spiro atoms. The number of likely N-dealkylation sites (N-methyl/N-ethyl adjacent to an activating group) is 1. The second kappa shape index (κ2) is 8.51. The van der Waals surface area contributed by atoms with Crippen molar-refractivity contribution in [3.63, 3.8) is 0 Å². The molecular formula is C20H29N. The molecule has 1 heteroatoms. The summed E-state index contributed by atoms with van der Waals surface area (Å²) in [4.78, 5) is 2.33. The fraction of sp³-hybridized carbons (Fsp3) is 0.400. The summed E-state index contributed by atoms with van der Waals surface area (Å²) in [5, 5.41) is 0. The first-order valence-electron chi connectivity index (χ1n) is 7.78. The summed E-state index contributed by atoms with van der Waals surface area (Å²) in [6.07, 6.45) is 6.76. The highest BCUT2D eigenvalue weighted by atomic mass is 15.1. The zero-order valence-electron chi connectivity index (χ0n) is 14.2. The fourth-order valence-corrected chi connectivity index (χ4v) is 2.31. The number of rotatable bonds is 7. The molecule has 0 atom stereocenters. The summed E-state index contributed by atoms with van der Waals surface area (Å²) >= 11 is 0. The molecule has 0 aliphatic rings. The van der Waals surface area contributed by atoms with Crippen molar-refractivity contribution in [1.29, 1.82) is 0 Å². The van der Waals surface area contributed by atoms with Gasteiger partial charge in [0, 0.05) is 19.3 Å². The number of allylic oxidation sites excluding steroid dienone is 4. The molecule has 0 fully saturated rings. The maximum atomic E-state index is 4.19. The van der Waals surface area contributed by atoms with Gasteiger partial charge < -0.3 is 4.90 Å². The van der Waals surface area contributed by atoms with Gasteiger partial charge in [0.25, 0.3) is 0 Å². The van der Waals surface area contributed by atoms with Crippen LogP contribution in [0.5, 0.6) is 0 Å². The minimum Gasteiger partial charge on any atom is -0.375 e. The van der Waals surface area contributed by atoms with Crippen LogP contribution in [0.25, 0.3) is 5.57 Å².